The van der Waals surface area contributed by atoms with Gasteiger partial charge in [0.2, 0.25) is 0 Å². The minimum absolute atomic E-state index is 0.976. The zero-order chi connectivity index (χ0) is 13.8. The topological polar surface area (TPSA) is 24.4 Å². The summed E-state index contributed by atoms with van der Waals surface area (Å²) in [6.07, 6.45) is 1.82. The van der Waals surface area contributed by atoms with Gasteiger partial charge < -0.3 is 0 Å². The number of hydrogen-bond acceptors (Lipinski definition) is 2. The van der Waals surface area contributed by atoms with Gasteiger partial charge in [-0.05, 0) is 40.6 Å². The summed E-state index contributed by atoms with van der Waals surface area (Å²) >= 11 is 3.60. The van der Waals surface area contributed by atoms with E-state index in [0.29, 0.717) is 0 Å². The van der Waals surface area contributed by atoms with Crippen LogP contribution in [0.25, 0.3) is 10.8 Å². The van der Waals surface area contributed by atoms with E-state index < -0.39 is 0 Å². The third kappa shape index (κ3) is 2.89. The van der Waals surface area contributed by atoms with E-state index >= 15 is 0 Å². The molecule has 0 heterocycles. The Hall–Kier alpha value is -2.13. The van der Waals surface area contributed by atoms with Crippen molar-refractivity contribution in [3.63, 3.8) is 0 Å². The summed E-state index contributed by atoms with van der Waals surface area (Å²) < 4.78 is 1.08. The van der Waals surface area contributed by atoms with Crippen molar-refractivity contribution in [1.82, 2.24) is 0 Å². The van der Waals surface area contributed by atoms with Crippen LogP contribution in [0.1, 0.15) is 5.56 Å². The number of nitrogens with zero attached hydrogens (tertiary/aromatic N) is 1. The highest BCUT2D eigenvalue weighted by Gasteiger charge is 1.99. The summed E-state index contributed by atoms with van der Waals surface area (Å²) in [6.45, 7) is 0. The highest BCUT2D eigenvalue weighted by Crippen LogP contribution is 2.25. The standard InChI is InChI=1S/C17H13BrN2/c18-17-11-13(10-14-6-4-5-9-16(14)17)12-19-20-15-7-2-1-3-8-15/h1-12,20H. The van der Waals surface area contributed by atoms with Gasteiger partial charge in [0.25, 0.3) is 0 Å². The molecule has 0 saturated carbocycles. The summed E-state index contributed by atoms with van der Waals surface area (Å²) in [5.41, 5.74) is 5.04. The fourth-order valence-electron chi connectivity index (χ4n) is 2.05. The molecule has 0 radical (unpaired) electrons. The maximum absolute atomic E-state index is 4.26. The van der Waals surface area contributed by atoms with Crippen molar-refractivity contribution in [1.29, 1.82) is 0 Å². The van der Waals surface area contributed by atoms with Crippen molar-refractivity contribution in [3.8, 4) is 0 Å². The fourth-order valence-corrected chi connectivity index (χ4v) is 2.68. The molecule has 98 valence electrons. The Labute approximate surface area is 126 Å². The van der Waals surface area contributed by atoms with Crippen LogP contribution in [0.15, 0.2) is 76.3 Å². The van der Waals surface area contributed by atoms with Gasteiger partial charge in [0.05, 0.1) is 11.9 Å². The average molecular weight is 325 g/mol. The van der Waals surface area contributed by atoms with Crippen LogP contribution < -0.4 is 5.43 Å². The molecule has 0 atom stereocenters. The molecule has 0 spiro atoms. The lowest BCUT2D eigenvalue weighted by Crippen LogP contribution is -1.90. The van der Waals surface area contributed by atoms with Gasteiger partial charge in [-0.2, -0.15) is 5.10 Å². The van der Waals surface area contributed by atoms with E-state index in [1.54, 1.807) is 0 Å². The summed E-state index contributed by atoms with van der Waals surface area (Å²) in [5.74, 6) is 0. The highest BCUT2D eigenvalue weighted by atomic mass is 79.9. The molecule has 0 saturated heterocycles. The van der Waals surface area contributed by atoms with Gasteiger partial charge in [0.1, 0.15) is 0 Å². The molecular formula is C17H13BrN2. The quantitative estimate of drug-likeness (QED) is 0.529. The molecule has 3 rings (SSSR count). The zero-order valence-corrected chi connectivity index (χ0v) is 12.3. The molecule has 0 fully saturated rings. The first-order chi connectivity index (χ1) is 9.83. The molecule has 0 aromatic heterocycles. The Bertz CT molecular complexity index is 751. The second-order valence-electron chi connectivity index (χ2n) is 4.46. The first-order valence-electron chi connectivity index (χ1n) is 6.35. The van der Waals surface area contributed by atoms with Crippen LogP contribution in [-0.4, -0.2) is 6.21 Å². The molecule has 20 heavy (non-hydrogen) atoms. The van der Waals surface area contributed by atoms with Gasteiger partial charge in [0.15, 0.2) is 0 Å². The Morgan fingerprint density at radius 2 is 1.65 bits per heavy atom. The lowest BCUT2D eigenvalue weighted by molar-refractivity contribution is 1.35. The number of rotatable bonds is 3. The van der Waals surface area contributed by atoms with Crippen LogP contribution >= 0.6 is 15.9 Å². The molecule has 3 aromatic rings. The van der Waals surface area contributed by atoms with Gasteiger partial charge in [-0.15, -0.1) is 0 Å². The zero-order valence-electron chi connectivity index (χ0n) is 10.8. The van der Waals surface area contributed by atoms with Crippen LogP contribution in [-0.2, 0) is 0 Å². The summed E-state index contributed by atoms with van der Waals surface area (Å²) in [6, 6.07) is 22.4. The van der Waals surface area contributed by atoms with E-state index in [9.17, 15) is 0 Å². The predicted octanol–water partition coefficient (Wildman–Crippen LogP) is 5.05. The molecule has 0 aliphatic rings. The van der Waals surface area contributed by atoms with Crippen LogP contribution in [0.3, 0.4) is 0 Å². The van der Waals surface area contributed by atoms with E-state index in [1.165, 1.54) is 10.8 Å². The molecule has 0 amide bonds. The maximum atomic E-state index is 4.26. The van der Waals surface area contributed by atoms with Crippen LogP contribution in [0.5, 0.6) is 0 Å². The SMILES string of the molecule is Brc1cc(C=NNc2ccccc2)cc2ccccc12. The van der Waals surface area contributed by atoms with E-state index in [2.05, 4.69) is 50.7 Å². The smallest absolute Gasteiger partial charge is 0.0561 e. The van der Waals surface area contributed by atoms with Gasteiger partial charge in [-0.3, -0.25) is 5.43 Å². The number of halogens is 1. The number of hydrazone groups is 1. The molecule has 0 bridgehead atoms. The molecule has 0 aliphatic heterocycles. The maximum Gasteiger partial charge on any atom is 0.0561 e. The Kier molecular flexibility index (Phi) is 3.79. The number of anilines is 1. The van der Waals surface area contributed by atoms with Crippen molar-refractivity contribution in [2.45, 2.75) is 0 Å². The van der Waals surface area contributed by atoms with E-state index in [-0.39, 0.29) is 0 Å². The normalized spacial score (nSPS) is 11.1. The van der Waals surface area contributed by atoms with Gasteiger partial charge in [0, 0.05) is 4.47 Å². The Morgan fingerprint density at radius 1 is 0.900 bits per heavy atom. The van der Waals surface area contributed by atoms with Crippen molar-refractivity contribution in [2.24, 2.45) is 5.10 Å². The van der Waals surface area contributed by atoms with Crippen molar-refractivity contribution in [2.75, 3.05) is 5.43 Å². The van der Waals surface area contributed by atoms with Crippen molar-refractivity contribution in [3.05, 3.63) is 76.8 Å². The minimum Gasteiger partial charge on any atom is -0.279 e. The highest BCUT2D eigenvalue weighted by molar-refractivity contribution is 9.10. The summed E-state index contributed by atoms with van der Waals surface area (Å²) in [4.78, 5) is 0. The van der Waals surface area contributed by atoms with Crippen LogP contribution in [0.2, 0.25) is 0 Å². The van der Waals surface area contributed by atoms with E-state index in [4.69, 9.17) is 0 Å². The van der Waals surface area contributed by atoms with E-state index in [1.807, 2.05) is 48.7 Å². The lowest BCUT2D eigenvalue weighted by atomic mass is 10.1. The van der Waals surface area contributed by atoms with Gasteiger partial charge in [-0.1, -0.05) is 58.4 Å². The van der Waals surface area contributed by atoms with Gasteiger partial charge in [-0.25, -0.2) is 0 Å². The molecule has 3 heteroatoms. The molecule has 0 unspecified atom stereocenters. The Balaban J connectivity index is 1.84. The fraction of sp³-hybridized carbons (Fsp3) is 0. The average Bonchev–Trinajstić information content (AvgIpc) is 2.48. The second kappa shape index (κ2) is 5.88. The van der Waals surface area contributed by atoms with Crippen LogP contribution in [0.4, 0.5) is 5.69 Å². The number of hydrogen-bond donors (Lipinski definition) is 1. The minimum atomic E-state index is 0.976. The largest absolute Gasteiger partial charge is 0.279 e. The summed E-state index contributed by atoms with van der Waals surface area (Å²) in [5, 5.41) is 6.67. The summed E-state index contributed by atoms with van der Waals surface area (Å²) in [7, 11) is 0. The number of nitrogens with one attached hydrogen (secondary N) is 1. The third-order valence-electron chi connectivity index (χ3n) is 3.01. The third-order valence-corrected chi connectivity index (χ3v) is 3.67. The number of benzene rings is 3. The Morgan fingerprint density at radius 3 is 2.50 bits per heavy atom. The molecule has 2 nitrogen and oxygen atoms in total. The van der Waals surface area contributed by atoms with Crippen molar-refractivity contribution < 1.29 is 0 Å². The van der Waals surface area contributed by atoms with Crippen LogP contribution in [0, 0.1) is 0 Å². The number of para-hydroxylation sites is 1. The second-order valence-corrected chi connectivity index (χ2v) is 5.31. The first-order valence-corrected chi connectivity index (χ1v) is 7.15. The number of fused-ring (bicyclic) bond motifs is 1. The molecule has 1 N–H and O–H groups in total. The first kappa shape index (κ1) is 12.9. The lowest BCUT2D eigenvalue weighted by Gasteiger charge is -2.03. The molecule has 0 aliphatic carbocycles. The predicted molar refractivity (Wildman–Crippen MR) is 89.3 cm³/mol. The van der Waals surface area contributed by atoms with Crippen molar-refractivity contribution >= 4 is 38.6 Å². The van der Waals surface area contributed by atoms with E-state index in [0.717, 1.165) is 15.7 Å². The van der Waals surface area contributed by atoms with Gasteiger partial charge >= 0.3 is 0 Å². The molecule has 3 aromatic carbocycles. The molecular weight excluding hydrogens is 312 g/mol. The monoisotopic (exact) mass is 324 g/mol.